The second-order valence-corrected chi connectivity index (χ2v) is 21.8. The van der Waals surface area contributed by atoms with Crippen LogP contribution in [0.4, 0.5) is 26.3 Å². The molecule has 0 N–H and O–H groups in total. The van der Waals surface area contributed by atoms with Crippen LogP contribution in [0.1, 0.15) is 16.7 Å². The molecule has 4 heterocycles. The van der Waals surface area contributed by atoms with Crippen molar-refractivity contribution in [2.75, 3.05) is 0 Å². The van der Waals surface area contributed by atoms with E-state index >= 15 is 0 Å². The summed E-state index contributed by atoms with van der Waals surface area (Å²) in [5.74, 6) is 0. The van der Waals surface area contributed by atoms with Crippen LogP contribution in [0.2, 0.25) is 0 Å². The summed E-state index contributed by atoms with van der Waals surface area (Å²) in [5.41, 5.74) is 10.3. The topological polar surface area (TPSA) is 43.5 Å². The molecule has 86 heavy (non-hydrogen) atoms. The van der Waals surface area contributed by atoms with Gasteiger partial charge in [-0.3, -0.25) is 0 Å². The van der Waals surface area contributed by atoms with Gasteiger partial charge in [-0.15, -0.1) is 0 Å². The first kappa shape index (κ1) is 50.6. The molecule has 12 aromatic carbocycles. The fraction of sp³-hybridized carbons (Fsp3) is 0.0267. The predicted molar refractivity (Wildman–Crippen MR) is 335 cm³/mol. The molecule has 11 heteroatoms. The number of alkyl halides is 6. The molecule has 410 valence electrons. The van der Waals surface area contributed by atoms with Gasteiger partial charge in [0.05, 0.1) is 66.6 Å². The minimum absolute atomic E-state index is 0.0432. The van der Waals surface area contributed by atoms with E-state index in [9.17, 15) is 31.6 Å². The van der Waals surface area contributed by atoms with Crippen LogP contribution in [0.5, 0.6) is 0 Å². The third kappa shape index (κ3) is 7.87. The molecule has 0 fully saturated rings. The summed E-state index contributed by atoms with van der Waals surface area (Å²) in [6, 6.07) is 84.8. The smallest absolute Gasteiger partial charge is 0.309 e. The Morgan fingerprint density at radius 2 is 0.535 bits per heavy atom. The molecular weight excluding hydrogens is 1080 g/mol. The number of rotatable bonds is 7. The molecule has 0 radical (unpaired) electrons. The van der Waals surface area contributed by atoms with Gasteiger partial charge in [0.2, 0.25) is 0 Å². The number of nitriles is 1. The maximum atomic E-state index is 14.8. The molecule has 0 saturated heterocycles. The normalized spacial score (nSPS) is 12.3. The highest BCUT2D eigenvalue weighted by Crippen LogP contribution is 2.46. The van der Waals surface area contributed by atoms with Crippen LogP contribution in [-0.2, 0) is 12.4 Å². The fourth-order valence-corrected chi connectivity index (χ4v) is 13.2. The lowest BCUT2D eigenvalue weighted by molar-refractivity contribution is -0.143. The summed E-state index contributed by atoms with van der Waals surface area (Å²) in [6.07, 6.45) is -10.2. The molecule has 4 aromatic heterocycles. The van der Waals surface area contributed by atoms with Crippen LogP contribution in [0.25, 0.3) is 143 Å². The number of fused-ring (bicyclic) bond motifs is 12. The molecule has 0 spiro atoms. The minimum Gasteiger partial charge on any atom is -0.309 e. The van der Waals surface area contributed by atoms with Crippen molar-refractivity contribution in [2.24, 2.45) is 0 Å². The van der Waals surface area contributed by atoms with E-state index in [1.807, 2.05) is 143 Å². The summed E-state index contributed by atoms with van der Waals surface area (Å²) in [5, 5.41) is 19.4. The molecule has 0 amide bonds. The van der Waals surface area contributed by atoms with E-state index in [-0.39, 0.29) is 34.1 Å². The van der Waals surface area contributed by atoms with E-state index < -0.39 is 23.5 Å². The van der Waals surface area contributed by atoms with Crippen molar-refractivity contribution in [3.8, 4) is 62.2 Å². The summed E-state index contributed by atoms with van der Waals surface area (Å²) < 4.78 is 97.1. The zero-order chi connectivity index (χ0) is 58.2. The Hall–Kier alpha value is -11.1. The first-order chi connectivity index (χ1) is 41.9. The number of halogens is 6. The van der Waals surface area contributed by atoms with Crippen LogP contribution in [-0.4, -0.2) is 18.3 Å². The summed E-state index contributed by atoms with van der Waals surface area (Å²) in [6.45, 7) is 0. The number of aromatic nitrogens is 4. The molecule has 0 atom stereocenters. The van der Waals surface area contributed by atoms with Gasteiger partial charge in [0.1, 0.15) is 11.6 Å². The van der Waals surface area contributed by atoms with Gasteiger partial charge in [0.15, 0.2) is 0 Å². The quantitative estimate of drug-likeness (QED) is 0.147. The van der Waals surface area contributed by atoms with Crippen molar-refractivity contribution < 1.29 is 26.3 Å². The van der Waals surface area contributed by atoms with E-state index in [1.165, 1.54) is 0 Å². The number of para-hydroxylation sites is 6. The molecule has 16 aromatic rings. The third-order valence-corrected chi connectivity index (χ3v) is 17.0. The summed E-state index contributed by atoms with van der Waals surface area (Å²) in [4.78, 5) is 0. The third-order valence-electron chi connectivity index (χ3n) is 17.0. The highest BCUT2D eigenvalue weighted by molar-refractivity contribution is 6.15. The molecule has 0 bridgehead atoms. The van der Waals surface area contributed by atoms with Gasteiger partial charge in [-0.2, -0.15) is 31.6 Å². The Bertz CT molecular complexity index is 5190. The maximum Gasteiger partial charge on any atom is 0.416 e. The van der Waals surface area contributed by atoms with Gasteiger partial charge in [0, 0.05) is 54.5 Å². The van der Waals surface area contributed by atoms with Crippen molar-refractivity contribution in [2.45, 2.75) is 12.4 Å². The highest BCUT2D eigenvalue weighted by atomic mass is 19.4. The van der Waals surface area contributed by atoms with Crippen LogP contribution in [0, 0.1) is 11.3 Å². The highest BCUT2D eigenvalue weighted by Gasteiger charge is 2.37. The first-order valence-corrected chi connectivity index (χ1v) is 28.0. The Balaban J connectivity index is 0.918. The molecule has 5 nitrogen and oxygen atoms in total. The van der Waals surface area contributed by atoms with Gasteiger partial charge in [-0.25, -0.2) is 0 Å². The fourth-order valence-electron chi connectivity index (χ4n) is 13.2. The van der Waals surface area contributed by atoms with Crippen molar-refractivity contribution >= 4 is 87.2 Å². The molecule has 0 aliphatic carbocycles. The monoisotopic (exact) mass is 1130 g/mol. The van der Waals surface area contributed by atoms with E-state index in [4.69, 9.17) is 0 Å². The first-order valence-electron chi connectivity index (χ1n) is 28.0. The van der Waals surface area contributed by atoms with E-state index in [2.05, 4.69) is 112 Å². The molecule has 0 aliphatic heterocycles. The van der Waals surface area contributed by atoms with Crippen molar-refractivity contribution in [3.05, 3.63) is 278 Å². The van der Waals surface area contributed by atoms with Crippen LogP contribution < -0.4 is 0 Å². The molecule has 0 aliphatic rings. The average molecular weight is 1130 g/mol. The van der Waals surface area contributed by atoms with Crippen molar-refractivity contribution in [1.29, 1.82) is 5.26 Å². The Labute approximate surface area is 486 Å². The summed E-state index contributed by atoms with van der Waals surface area (Å²) >= 11 is 0. The lowest BCUT2D eigenvalue weighted by Gasteiger charge is -2.20. The van der Waals surface area contributed by atoms with Crippen LogP contribution >= 0.6 is 0 Å². The van der Waals surface area contributed by atoms with Gasteiger partial charge in [-0.05, 0) is 161 Å². The summed E-state index contributed by atoms with van der Waals surface area (Å²) in [7, 11) is 0. The molecule has 0 unspecified atom stereocenters. The second kappa shape index (κ2) is 19.0. The molecular formula is C75H43F6N5. The standard InChI is InChI=1S/C75H43F6N5/c76-74(77,78)51-35-49(36-52(43-51)75(79,80)81)50-41-72(85-66-25-13-9-21-57(66)61-39-47(29-33-70(61)85)45-27-31-68-59(37-45)55-19-7-11-23-64(55)83(68)53-15-3-1-4-16-53)63(44-82)73(42-50)86-67-26-14-10-22-58(67)62-40-48(30-34-71(62)86)46-28-32-69-60(38-46)56-20-8-12-24-65(56)84(69)54-17-5-2-6-18-54/h1-43H. The SMILES string of the molecule is N#Cc1c(-n2c3ccccc3c3cc(-c4ccc5c(c4)c4ccccc4n5-c4ccccc4)ccc32)cc(-c2cc(C(F)(F)F)cc(C(F)(F)F)c2)cc1-n1c2ccccc2c2cc(-c3ccc4c(c3)c3ccccc3n4-c3ccccc3)ccc21. The van der Waals surface area contributed by atoms with Crippen LogP contribution in [0.15, 0.2) is 261 Å². The van der Waals surface area contributed by atoms with E-state index in [1.54, 1.807) is 12.1 Å². The van der Waals surface area contributed by atoms with E-state index in [0.29, 0.717) is 22.1 Å². The van der Waals surface area contributed by atoms with Gasteiger partial charge in [0.25, 0.3) is 0 Å². The minimum atomic E-state index is -5.11. The molecule has 16 rings (SSSR count). The van der Waals surface area contributed by atoms with Gasteiger partial charge in [-0.1, -0.05) is 133 Å². The number of hydrogen-bond donors (Lipinski definition) is 0. The number of hydrogen-bond acceptors (Lipinski definition) is 1. The lowest BCUT2D eigenvalue weighted by Crippen LogP contribution is -2.11. The Morgan fingerprint density at radius 3 is 0.860 bits per heavy atom. The van der Waals surface area contributed by atoms with Gasteiger partial charge < -0.3 is 18.3 Å². The predicted octanol–water partition coefficient (Wildman–Crippen LogP) is 21.0. The van der Waals surface area contributed by atoms with Crippen LogP contribution in [0.3, 0.4) is 0 Å². The Morgan fingerprint density at radius 1 is 0.256 bits per heavy atom. The second-order valence-electron chi connectivity index (χ2n) is 21.8. The van der Waals surface area contributed by atoms with Crippen molar-refractivity contribution in [1.82, 2.24) is 18.3 Å². The van der Waals surface area contributed by atoms with E-state index in [0.717, 1.165) is 111 Å². The van der Waals surface area contributed by atoms with Crippen molar-refractivity contribution in [3.63, 3.8) is 0 Å². The molecule has 0 saturated carbocycles. The number of nitrogens with zero attached hydrogens (tertiary/aromatic N) is 5. The zero-order valence-corrected chi connectivity index (χ0v) is 45.3. The maximum absolute atomic E-state index is 14.8. The zero-order valence-electron chi connectivity index (χ0n) is 45.3. The van der Waals surface area contributed by atoms with Gasteiger partial charge >= 0.3 is 12.4 Å². The average Bonchev–Trinajstić information content (AvgIpc) is 1.65. The number of benzene rings is 12. The largest absolute Gasteiger partial charge is 0.416 e. The lowest BCUT2D eigenvalue weighted by atomic mass is 9.96. The Kier molecular flexibility index (Phi) is 11.2.